The maximum Gasteiger partial charge on any atom is 0.164 e. The summed E-state index contributed by atoms with van der Waals surface area (Å²) in [5, 5.41) is 7.22. The van der Waals surface area contributed by atoms with Crippen molar-refractivity contribution in [1.29, 1.82) is 0 Å². The van der Waals surface area contributed by atoms with E-state index in [1.54, 1.807) is 28.4 Å². The second-order valence-corrected chi connectivity index (χ2v) is 9.35. The Kier molecular flexibility index (Phi) is 14.9. The van der Waals surface area contributed by atoms with E-state index in [9.17, 15) is 0 Å². The summed E-state index contributed by atoms with van der Waals surface area (Å²) in [5.74, 6) is 3.39. The van der Waals surface area contributed by atoms with Crippen molar-refractivity contribution >= 4 is 0 Å². The molecule has 0 atom stereocenters. The molecule has 0 unspecified atom stereocenters. The van der Waals surface area contributed by atoms with Crippen LogP contribution in [0.25, 0.3) is 0 Å². The van der Waals surface area contributed by atoms with Gasteiger partial charge in [-0.15, -0.1) is 0 Å². The van der Waals surface area contributed by atoms with Gasteiger partial charge in [-0.3, -0.25) is 0 Å². The zero-order valence-electron chi connectivity index (χ0n) is 24.1. The molecule has 0 fully saturated rings. The Bertz CT molecular complexity index is 843. The molecule has 2 aromatic rings. The molecule has 0 spiro atoms. The van der Waals surface area contributed by atoms with Crippen LogP contribution in [0.15, 0.2) is 24.3 Å². The number of methoxy groups -OCH3 is 4. The molecule has 6 nitrogen and oxygen atoms in total. The van der Waals surface area contributed by atoms with Gasteiger partial charge >= 0.3 is 0 Å². The molecule has 0 amide bonds. The Hall–Kier alpha value is -2.44. The summed E-state index contributed by atoms with van der Waals surface area (Å²) in [5.41, 5.74) is 5.20. The molecule has 37 heavy (non-hydrogen) atoms. The molecule has 2 rings (SSSR count). The topological polar surface area (TPSA) is 61.0 Å². The Morgan fingerprint density at radius 1 is 0.514 bits per heavy atom. The second-order valence-electron chi connectivity index (χ2n) is 9.35. The van der Waals surface area contributed by atoms with Crippen LogP contribution in [0.2, 0.25) is 0 Å². The number of nitrogens with one attached hydrogen (secondary N) is 2. The fourth-order valence-corrected chi connectivity index (χ4v) is 5.03. The first-order valence-corrected chi connectivity index (χ1v) is 14.0. The van der Waals surface area contributed by atoms with E-state index in [4.69, 9.17) is 18.9 Å². The van der Waals surface area contributed by atoms with Crippen molar-refractivity contribution in [2.24, 2.45) is 0 Å². The van der Waals surface area contributed by atoms with Crippen molar-refractivity contribution in [2.75, 3.05) is 54.6 Å². The third kappa shape index (κ3) is 9.42. The van der Waals surface area contributed by atoms with Crippen LogP contribution in [0.3, 0.4) is 0 Å². The summed E-state index contributed by atoms with van der Waals surface area (Å²) >= 11 is 0. The van der Waals surface area contributed by atoms with Crippen molar-refractivity contribution < 1.29 is 18.9 Å². The van der Waals surface area contributed by atoms with E-state index in [-0.39, 0.29) is 0 Å². The number of hydrogen-bond acceptors (Lipinski definition) is 6. The first-order valence-electron chi connectivity index (χ1n) is 14.0. The number of unbranched alkanes of at least 4 members (excludes halogenated alkanes) is 4. The van der Waals surface area contributed by atoms with Gasteiger partial charge in [-0.1, -0.05) is 45.2 Å². The van der Waals surface area contributed by atoms with Gasteiger partial charge in [0.1, 0.15) is 0 Å². The van der Waals surface area contributed by atoms with Crippen LogP contribution in [0.4, 0.5) is 0 Å². The van der Waals surface area contributed by atoms with Crippen LogP contribution in [-0.4, -0.2) is 54.6 Å². The maximum absolute atomic E-state index is 5.60. The molecule has 0 bridgehead atoms. The normalized spacial score (nSPS) is 11.0. The van der Waals surface area contributed by atoms with Gasteiger partial charge in [-0.25, -0.2) is 0 Å². The predicted octanol–water partition coefficient (Wildman–Crippen LogP) is 5.76. The lowest BCUT2D eigenvalue weighted by Gasteiger charge is -2.16. The summed E-state index contributed by atoms with van der Waals surface area (Å²) in [6.07, 6.45) is 10.3. The van der Waals surface area contributed by atoms with Crippen LogP contribution in [0, 0.1) is 0 Å². The van der Waals surface area contributed by atoms with Crippen LogP contribution >= 0.6 is 0 Å². The summed E-state index contributed by atoms with van der Waals surface area (Å²) in [4.78, 5) is 0. The number of hydrogen-bond donors (Lipinski definition) is 2. The van der Waals surface area contributed by atoms with Gasteiger partial charge in [-0.05, 0) is 88.0 Å². The molecule has 6 heteroatoms. The monoisotopic (exact) mass is 514 g/mol. The molecule has 0 aliphatic heterocycles. The van der Waals surface area contributed by atoms with E-state index in [2.05, 4.69) is 36.6 Å². The van der Waals surface area contributed by atoms with Gasteiger partial charge in [0.15, 0.2) is 23.0 Å². The van der Waals surface area contributed by atoms with Gasteiger partial charge in [0.2, 0.25) is 0 Å². The molecular formula is C31H50N2O4. The van der Waals surface area contributed by atoms with Crippen molar-refractivity contribution in [1.82, 2.24) is 10.6 Å². The van der Waals surface area contributed by atoms with E-state index in [0.29, 0.717) is 0 Å². The SMILES string of the molecule is CCc1c(CCNCCCCCCCNCCc2ccc(OC)c(OC)c2CC)ccc(OC)c1OC. The molecule has 2 aromatic carbocycles. The van der Waals surface area contributed by atoms with Crippen LogP contribution in [-0.2, 0) is 25.7 Å². The zero-order chi connectivity index (χ0) is 26.9. The van der Waals surface area contributed by atoms with E-state index in [0.717, 1.165) is 74.9 Å². The van der Waals surface area contributed by atoms with Crippen LogP contribution in [0.1, 0.15) is 68.2 Å². The summed E-state index contributed by atoms with van der Waals surface area (Å²) in [6.45, 7) is 8.49. The molecule has 0 aliphatic carbocycles. The molecule has 208 valence electrons. The molecular weight excluding hydrogens is 464 g/mol. The Balaban J connectivity index is 1.53. The molecule has 0 heterocycles. The van der Waals surface area contributed by atoms with Crippen molar-refractivity contribution in [3.05, 3.63) is 46.5 Å². The van der Waals surface area contributed by atoms with Crippen LogP contribution < -0.4 is 29.6 Å². The quantitative estimate of drug-likeness (QED) is 0.219. The lowest BCUT2D eigenvalue weighted by atomic mass is 10.0. The van der Waals surface area contributed by atoms with Crippen molar-refractivity contribution in [3.63, 3.8) is 0 Å². The highest BCUT2D eigenvalue weighted by atomic mass is 16.5. The third-order valence-corrected chi connectivity index (χ3v) is 7.05. The number of rotatable bonds is 20. The average molecular weight is 515 g/mol. The first kappa shape index (κ1) is 30.8. The molecule has 0 aromatic heterocycles. The number of benzene rings is 2. The van der Waals surface area contributed by atoms with E-state index < -0.39 is 0 Å². The smallest absolute Gasteiger partial charge is 0.164 e. The fraction of sp³-hybridized carbons (Fsp3) is 0.613. The standard InChI is InChI=1S/C31H50N2O4/c1-7-26-24(14-16-28(34-3)30(26)36-5)18-22-32-20-12-10-9-11-13-21-33-23-19-25-15-17-29(35-4)31(37-6)27(25)8-2/h14-17,32-33H,7-13,18-23H2,1-6H3. The first-order chi connectivity index (χ1) is 18.1. The zero-order valence-corrected chi connectivity index (χ0v) is 24.1. The average Bonchev–Trinajstić information content (AvgIpc) is 2.94. The van der Waals surface area contributed by atoms with Gasteiger partial charge in [0.25, 0.3) is 0 Å². The lowest BCUT2D eigenvalue weighted by Crippen LogP contribution is -2.19. The minimum Gasteiger partial charge on any atom is -0.493 e. The minimum atomic E-state index is 0.815. The molecule has 0 saturated carbocycles. The van der Waals surface area contributed by atoms with Gasteiger partial charge < -0.3 is 29.6 Å². The summed E-state index contributed by atoms with van der Waals surface area (Å²) < 4.78 is 22.1. The maximum atomic E-state index is 5.60. The number of ether oxygens (including phenoxy) is 4. The van der Waals surface area contributed by atoms with Gasteiger partial charge in [-0.2, -0.15) is 0 Å². The second kappa shape index (κ2) is 17.9. The highest BCUT2D eigenvalue weighted by Gasteiger charge is 2.14. The lowest BCUT2D eigenvalue weighted by molar-refractivity contribution is 0.351. The Morgan fingerprint density at radius 3 is 1.27 bits per heavy atom. The molecule has 2 N–H and O–H groups in total. The fourth-order valence-electron chi connectivity index (χ4n) is 5.03. The van der Waals surface area contributed by atoms with E-state index >= 15 is 0 Å². The van der Waals surface area contributed by atoms with Gasteiger partial charge in [0, 0.05) is 11.1 Å². The Morgan fingerprint density at radius 2 is 0.919 bits per heavy atom. The largest absolute Gasteiger partial charge is 0.493 e. The third-order valence-electron chi connectivity index (χ3n) is 7.05. The van der Waals surface area contributed by atoms with Crippen molar-refractivity contribution in [3.8, 4) is 23.0 Å². The van der Waals surface area contributed by atoms with E-state index in [1.807, 2.05) is 12.1 Å². The highest BCUT2D eigenvalue weighted by molar-refractivity contribution is 5.51. The summed E-state index contributed by atoms with van der Waals surface area (Å²) in [7, 11) is 6.83. The summed E-state index contributed by atoms with van der Waals surface area (Å²) in [6, 6.07) is 8.38. The van der Waals surface area contributed by atoms with Crippen molar-refractivity contribution in [2.45, 2.75) is 71.6 Å². The molecule has 0 aliphatic rings. The minimum absolute atomic E-state index is 0.815. The predicted molar refractivity (Wildman–Crippen MR) is 154 cm³/mol. The highest BCUT2D eigenvalue weighted by Crippen LogP contribution is 2.35. The molecule has 0 saturated heterocycles. The Labute approximate surface area is 225 Å². The molecule has 0 radical (unpaired) electrons. The van der Waals surface area contributed by atoms with Gasteiger partial charge in [0.05, 0.1) is 28.4 Å². The van der Waals surface area contributed by atoms with Crippen LogP contribution in [0.5, 0.6) is 23.0 Å². The van der Waals surface area contributed by atoms with E-state index in [1.165, 1.54) is 54.4 Å².